The van der Waals surface area contributed by atoms with Gasteiger partial charge >= 0.3 is 5.97 Å². The lowest BCUT2D eigenvalue weighted by atomic mass is 9.87. The SMILES string of the molecule is CCC(C(=O)O)C1CCC(C)CN1. The Morgan fingerprint density at radius 3 is 2.69 bits per heavy atom. The lowest BCUT2D eigenvalue weighted by molar-refractivity contribution is -0.143. The summed E-state index contributed by atoms with van der Waals surface area (Å²) >= 11 is 0. The molecule has 1 fully saturated rings. The Balaban J connectivity index is 2.46. The van der Waals surface area contributed by atoms with Gasteiger partial charge in [-0.15, -0.1) is 0 Å². The summed E-state index contributed by atoms with van der Waals surface area (Å²) < 4.78 is 0. The van der Waals surface area contributed by atoms with Gasteiger partial charge in [0.2, 0.25) is 0 Å². The predicted molar refractivity (Wildman–Crippen MR) is 51.6 cm³/mol. The van der Waals surface area contributed by atoms with Crippen LogP contribution in [0.4, 0.5) is 0 Å². The summed E-state index contributed by atoms with van der Waals surface area (Å²) in [4.78, 5) is 10.9. The first-order valence-electron chi connectivity index (χ1n) is 5.11. The number of nitrogens with one attached hydrogen (secondary N) is 1. The molecular weight excluding hydrogens is 166 g/mol. The lowest BCUT2D eigenvalue weighted by Crippen LogP contribution is -2.45. The summed E-state index contributed by atoms with van der Waals surface area (Å²) in [7, 11) is 0. The first kappa shape index (κ1) is 10.5. The van der Waals surface area contributed by atoms with E-state index in [0.717, 1.165) is 25.8 Å². The van der Waals surface area contributed by atoms with E-state index in [4.69, 9.17) is 5.11 Å². The van der Waals surface area contributed by atoms with Crippen LogP contribution in [-0.2, 0) is 4.79 Å². The molecule has 0 aromatic heterocycles. The largest absolute Gasteiger partial charge is 0.481 e. The number of carboxylic acids is 1. The van der Waals surface area contributed by atoms with Crippen LogP contribution in [-0.4, -0.2) is 23.7 Å². The second-order valence-electron chi connectivity index (χ2n) is 4.05. The molecule has 3 nitrogen and oxygen atoms in total. The van der Waals surface area contributed by atoms with Crippen LogP contribution in [0.3, 0.4) is 0 Å². The van der Waals surface area contributed by atoms with E-state index in [9.17, 15) is 4.79 Å². The smallest absolute Gasteiger partial charge is 0.308 e. The third-order valence-corrected chi connectivity index (χ3v) is 2.94. The molecule has 1 saturated heterocycles. The highest BCUT2D eigenvalue weighted by Gasteiger charge is 2.28. The van der Waals surface area contributed by atoms with Gasteiger partial charge in [-0.1, -0.05) is 13.8 Å². The summed E-state index contributed by atoms with van der Waals surface area (Å²) in [6, 6.07) is 0.193. The summed E-state index contributed by atoms with van der Waals surface area (Å²) in [6.45, 7) is 5.11. The van der Waals surface area contributed by atoms with E-state index in [1.54, 1.807) is 0 Å². The Morgan fingerprint density at radius 1 is 1.62 bits per heavy atom. The van der Waals surface area contributed by atoms with E-state index < -0.39 is 5.97 Å². The van der Waals surface area contributed by atoms with Gasteiger partial charge in [0.05, 0.1) is 5.92 Å². The third-order valence-electron chi connectivity index (χ3n) is 2.94. The van der Waals surface area contributed by atoms with E-state index in [2.05, 4.69) is 12.2 Å². The molecule has 0 saturated carbocycles. The number of aliphatic carboxylic acids is 1. The third kappa shape index (κ3) is 2.69. The van der Waals surface area contributed by atoms with Crippen molar-refractivity contribution >= 4 is 5.97 Å². The fraction of sp³-hybridized carbons (Fsp3) is 0.900. The van der Waals surface area contributed by atoms with Crippen molar-refractivity contribution in [3.8, 4) is 0 Å². The highest BCUT2D eigenvalue weighted by Crippen LogP contribution is 2.21. The molecule has 0 amide bonds. The van der Waals surface area contributed by atoms with E-state index in [1.165, 1.54) is 0 Å². The van der Waals surface area contributed by atoms with Gasteiger partial charge in [0.25, 0.3) is 0 Å². The topological polar surface area (TPSA) is 49.3 Å². The Morgan fingerprint density at radius 2 is 2.31 bits per heavy atom. The molecule has 1 rings (SSSR count). The van der Waals surface area contributed by atoms with Crippen molar-refractivity contribution in [2.75, 3.05) is 6.54 Å². The molecule has 76 valence electrons. The average molecular weight is 185 g/mol. The number of rotatable bonds is 3. The molecular formula is C10H19NO2. The normalized spacial score (nSPS) is 31.2. The maximum atomic E-state index is 10.9. The Bertz CT molecular complexity index is 174. The van der Waals surface area contributed by atoms with Gasteiger partial charge in [-0.05, 0) is 31.7 Å². The minimum absolute atomic E-state index is 0.193. The maximum absolute atomic E-state index is 10.9. The highest BCUT2D eigenvalue weighted by atomic mass is 16.4. The molecule has 1 heterocycles. The van der Waals surface area contributed by atoms with Crippen molar-refractivity contribution in [1.82, 2.24) is 5.32 Å². The molecule has 2 N–H and O–H groups in total. The van der Waals surface area contributed by atoms with Gasteiger partial charge < -0.3 is 10.4 Å². The fourth-order valence-electron chi connectivity index (χ4n) is 2.00. The molecule has 0 aromatic rings. The van der Waals surface area contributed by atoms with Crippen molar-refractivity contribution in [3.05, 3.63) is 0 Å². The van der Waals surface area contributed by atoms with Crippen molar-refractivity contribution < 1.29 is 9.90 Å². The Hall–Kier alpha value is -0.570. The molecule has 1 aliphatic rings. The molecule has 0 bridgehead atoms. The van der Waals surface area contributed by atoms with Gasteiger partial charge in [-0.3, -0.25) is 4.79 Å². The van der Waals surface area contributed by atoms with Gasteiger partial charge in [0, 0.05) is 6.04 Å². The van der Waals surface area contributed by atoms with Crippen LogP contribution in [0.1, 0.15) is 33.1 Å². The summed E-state index contributed by atoms with van der Waals surface area (Å²) in [6.07, 6.45) is 2.88. The summed E-state index contributed by atoms with van der Waals surface area (Å²) in [5, 5.41) is 12.3. The molecule has 0 spiro atoms. The van der Waals surface area contributed by atoms with Gasteiger partial charge in [-0.2, -0.15) is 0 Å². The molecule has 0 aromatic carbocycles. The monoisotopic (exact) mass is 185 g/mol. The number of hydrogen-bond acceptors (Lipinski definition) is 2. The first-order chi connectivity index (χ1) is 6.15. The molecule has 3 heteroatoms. The minimum Gasteiger partial charge on any atom is -0.481 e. The highest BCUT2D eigenvalue weighted by molar-refractivity contribution is 5.70. The minimum atomic E-state index is -0.658. The van der Waals surface area contributed by atoms with Crippen molar-refractivity contribution in [2.24, 2.45) is 11.8 Å². The zero-order chi connectivity index (χ0) is 9.84. The van der Waals surface area contributed by atoms with Crippen LogP contribution >= 0.6 is 0 Å². The predicted octanol–water partition coefficient (Wildman–Crippen LogP) is 1.49. The van der Waals surface area contributed by atoms with Gasteiger partial charge in [0.15, 0.2) is 0 Å². The van der Waals surface area contributed by atoms with Crippen LogP contribution in [0.2, 0.25) is 0 Å². The number of piperidine rings is 1. The van der Waals surface area contributed by atoms with Crippen LogP contribution in [0.25, 0.3) is 0 Å². The van der Waals surface area contributed by atoms with Gasteiger partial charge in [0.1, 0.15) is 0 Å². The molecule has 0 radical (unpaired) electrons. The first-order valence-corrected chi connectivity index (χ1v) is 5.11. The summed E-state index contributed by atoms with van der Waals surface area (Å²) in [5.74, 6) is -0.162. The van der Waals surface area contributed by atoms with Crippen LogP contribution < -0.4 is 5.32 Å². The van der Waals surface area contributed by atoms with E-state index in [1.807, 2.05) is 6.92 Å². The van der Waals surface area contributed by atoms with E-state index in [0.29, 0.717) is 5.92 Å². The number of carboxylic acid groups (broad SMARTS) is 1. The van der Waals surface area contributed by atoms with Crippen molar-refractivity contribution in [3.63, 3.8) is 0 Å². The quantitative estimate of drug-likeness (QED) is 0.700. The standard InChI is InChI=1S/C10H19NO2/c1-3-8(10(12)13)9-5-4-7(2)6-11-9/h7-9,11H,3-6H2,1-2H3,(H,12,13). The lowest BCUT2D eigenvalue weighted by Gasteiger charge is -2.31. The zero-order valence-electron chi connectivity index (χ0n) is 8.42. The molecule has 13 heavy (non-hydrogen) atoms. The second kappa shape index (κ2) is 4.61. The van der Waals surface area contributed by atoms with Crippen molar-refractivity contribution in [1.29, 1.82) is 0 Å². The average Bonchev–Trinajstić information content (AvgIpc) is 2.09. The van der Waals surface area contributed by atoms with E-state index >= 15 is 0 Å². The molecule has 0 aliphatic carbocycles. The van der Waals surface area contributed by atoms with Crippen LogP contribution in [0.5, 0.6) is 0 Å². The zero-order valence-corrected chi connectivity index (χ0v) is 8.42. The summed E-state index contributed by atoms with van der Waals surface area (Å²) in [5.41, 5.74) is 0. The number of carbonyl (C=O) groups is 1. The second-order valence-corrected chi connectivity index (χ2v) is 4.05. The number of hydrogen-bond donors (Lipinski definition) is 2. The molecule has 3 atom stereocenters. The fourth-order valence-corrected chi connectivity index (χ4v) is 2.00. The molecule has 3 unspecified atom stereocenters. The van der Waals surface area contributed by atoms with Crippen LogP contribution in [0, 0.1) is 11.8 Å². The Labute approximate surface area is 79.5 Å². The molecule has 1 aliphatic heterocycles. The van der Waals surface area contributed by atoms with Crippen molar-refractivity contribution in [2.45, 2.75) is 39.2 Å². The van der Waals surface area contributed by atoms with Crippen LogP contribution in [0.15, 0.2) is 0 Å². The van der Waals surface area contributed by atoms with E-state index in [-0.39, 0.29) is 12.0 Å². The van der Waals surface area contributed by atoms with Gasteiger partial charge in [-0.25, -0.2) is 0 Å². The maximum Gasteiger partial charge on any atom is 0.308 e. The Kier molecular flexibility index (Phi) is 3.72.